The van der Waals surface area contributed by atoms with Crippen molar-refractivity contribution in [1.82, 2.24) is 10.3 Å². The number of hydrogen-bond donors (Lipinski definition) is 1. The number of aromatic nitrogens is 1. The lowest BCUT2D eigenvalue weighted by Crippen LogP contribution is -2.45. The summed E-state index contributed by atoms with van der Waals surface area (Å²) < 4.78 is 5.77. The van der Waals surface area contributed by atoms with Crippen LogP contribution in [0.5, 0.6) is 0 Å². The van der Waals surface area contributed by atoms with Crippen molar-refractivity contribution >= 4 is 16.5 Å². The van der Waals surface area contributed by atoms with E-state index in [4.69, 9.17) is 9.72 Å². The molecule has 0 radical (unpaired) electrons. The molecule has 1 aromatic heterocycles. The van der Waals surface area contributed by atoms with Gasteiger partial charge in [-0.1, -0.05) is 6.92 Å². The number of hydrogen-bond acceptors (Lipinski definition) is 5. The Morgan fingerprint density at radius 2 is 2.06 bits per heavy atom. The molecule has 0 unspecified atom stereocenters. The highest BCUT2D eigenvalue weighted by molar-refractivity contribution is 7.15. The lowest BCUT2D eigenvalue weighted by molar-refractivity contribution is -0.00523. The smallest absolute Gasteiger partial charge is 0.186 e. The van der Waals surface area contributed by atoms with Crippen molar-refractivity contribution in [2.45, 2.75) is 45.9 Å². The molecule has 1 aliphatic heterocycles. The van der Waals surface area contributed by atoms with Crippen molar-refractivity contribution in [2.24, 2.45) is 0 Å². The average molecular weight is 269 g/mol. The number of nitrogens with zero attached hydrogens (tertiary/aromatic N) is 2. The molecule has 1 fully saturated rings. The molecular formula is C13H23N3OS. The van der Waals surface area contributed by atoms with Gasteiger partial charge in [-0.05, 0) is 27.3 Å². The molecule has 0 aliphatic carbocycles. The number of thiazole rings is 1. The van der Waals surface area contributed by atoms with Gasteiger partial charge in [0.25, 0.3) is 0 Å². The molecule has 5 heteroatoms. The number of ether oxygens (including phenoxy) is 1. The Kier molecular flexibility index (Phi) is 4.59. The summed E-state index contributed by atoms with van der Waals surface area (Å²) in [5.41, 5.74) is 1.23. The Hall–Kier alpha value is -0.650. The first kappa shape index (κ1) is 13.8. The second-order valence-electron chi connectivity index (χ2n) is 4.91. The molecule has 1 N–H and O–H groups in total. The number of nitrogens with one attached hydrogen (secondary N) is 1. The van der Waals surface area contributed by atoms with Gasteiger partial charge in [-0.2, -0.15) is 0 Å². The number of aryl methyl sites for hydroxylation is 1. The molecule has 2 rings (SSSR count). The van der Waals surface area contributed by atoms with E-state index in [1.54, 1.807) is 0 Å². The third-order valence-electron chi connectivity index (χ3n) is 3.13. The minimum Gasteiger partial charge on any atom is -0.372 e. The van der Waals surface area contributed by atoms with Gasteiger partial charge >= 0.3 is 0 Å². The van der Waals surface area contributed by atoms with Gasteiger partial charge in [0.1, 0.15) is 0 Å². The fourth-order valence-electron chi connectivity index (χ4n) is 2.41. The Bertz CT molecular complexity index is 384. The summed E-state index contributed by atoms with van der Waals surface area (Å²) in [6.45, 7) is 9.23. The molecule has 2 heterocycles. The van der Waals surface area contributed by atoms with Crippen LogP contribution in [0.2, 0.25) is 0 Å². The molecule has 0 spiro atoms. The molecule has 0 saturated carbocycles. The van der Waals surface area contributed by atoms with Gasteiger partial charge in [0.15, 0.2) is 5.13 Å². The molecule has 0 aromatic carbocycles. The van der Waals surface area contributed by atoms with E-state index in [0.29, 0.717) is 0 Å². The quantitative estimate of drug-likeness (QED) is 0.907. The van der Waals surface area contributed by atoms with Crippen LogP contribution in [0.3, 0.4) is 0 Å². The minimum absolute atomic E-state index is 0.287. The Balaban J connectivity index is 2.17. The maximum atomic E-state index is 5.77. The molecule has 102 valence electrons. The number of morpholine rings is 1. The largest absolute Gasteiger partial charge is 0.372 e. The third-order valence-corrected chi connectivity index (χ3v) is 4.29. The summed E-state index contributed by atoms with van der Waals surface area (Å²) >= 11 is 1.82. The maximum Gasteiger partial charge on any atom is 0.186 e. The van der Waals surface area contributed by atoms with Gasteiger partial charge in [-0.25, -0.2) is 4.98 Å². The van der Waals surface area contributed by atoms with E-state index in [1.165, 1.54) is 10.6 Å². The van der Waals surface area contributed by atoms with Crippen LogP contribution in [0.25, 0.3) is 0 Å². The molecule has 1 aliphatic rings. The Morgan fingerprint density at radius 1 is 1.39 bits per heavy atom. The van der Waals surface area contributed by atoms with E-state index < -0.39 is 0 Å². The number of anilines is 1. The zero-order chi connectivity index (χ0) is 13.1. The van der Waals surface area contributed by atoms with Gasteiger partial charge in [0.05, 0.1) is 17.9 Å². The van der Waals surface area contributed by atoms with E-state index in [9.17, 15) is 0 Å². The average Bonchev–Trinajstić information content (AvgIpc) is 2.71. The molecule has 2 atom stereocenters. The molecule has 1 saturated heterocycles. The predicted octanol–water partition coefficient (Wildman–Crippen LogP) is 2.04. The van der Waals surface area contributed by atoms with Crippen LogP contribution in [0.1, 0.15) is 31.3 Å². The van der Waals surface area contributed by atoms with Crippen molar-refractivity contribution in [2.75, 3.05) is 25.0 Å². The molecule has 4 nitrogen and oxygen atoms in total. The first-order valence-corrected chi connectivity index (χ1v) is 7.49. The summed E-state index contributed by atoms with van der Waals surface area (Å²) in [6.07, 6.45) is 1.58. The van der Waals surface area contributed by atoms with Crippen LogP contribution in [0.4, 0.5) is 5.13 Å². The summed E-state index contributed by atoms with van der Waals surface area (Å²) in [7, 11) is 1.98. The highest BCUT2D eigenvalue weighted by Crippen LogP contribution is 2.29. The second-order valence-corrected chi connectivity index (χ2v) is 5.97. The maximum absolute atomic E-state index is 5.77. The second kappa shape index (κ2) is 5.99. The van der Waals surface area contributed by atoms with Gasteiger partial charge in [-0.15, -0.1) is 11.3 Å². The summed E-state index contributed by atoms with van der Waals surface area (Å²) in [5.74, 6) is 0. The van der Waals surface area contributed by atoms with Crippen LogP contribution in [0, 0.1) is 0 Å². The van der Waals surface area contributed by atoms with Gasteiger partial charge in [-0.3, -0.25) is 0 Å². The molecular weight excluding hydrogens is 246 g/mol. The predicted molar refractivity (Wildman–Crippen MR) is 76.5 cm³/mol. The van der Waals surface area contributed by atoms with Crippen molar-refractivity contribution in [3.05, 3.63) is 10.6 Å². The molecule has 1 aromatic rings. The zero-order valence-electron chi connectivity index (χ0n) is 11.7. The van der Waals surface area contributed by atoms with Crippen LogP contribution in [-0.4, -0.2) is 37.3 Å². The highest BCUT2D eigenvalue weighted by atomic mass is 32.1. The summed E-state index contributed by atoms with van der Waals surface area (Å²) in [6, 6.07) is 0. The Labute approximate surface area is 113 Å². The first-order valence-electron chi connectivity index (χ1n) is 6.67. The highest BCUT2D eigenvalue weighted by Gasteiger charge is 2.25. The van der Waals surface area contributed by atoms with Gasteiger partial charge < -0.3 is 15.0 Å². The standard InChI is InChI=1S/C13H23N3OS/c1-5-11-12(6-14-4)18-13(15-11)16-7-9(2)17-10(3)8-16/h9-10,14H,5-8H2,1-4H3/t9-,10+. The van der Waals surface area contributed by atoms with Crippen molar-refractivity contribution < 1.29 is 4.74 Å². The minimum atomic E-state index is 0.287. The van der Waals surface area contributed by atoms with E-state index in [0.717, 1.165) is 31.2 Å². The SMILES string of the molecule is CCc1nc(N2C[C@@H](C)O[C@@H](C)C2)sc1CNC. The van der Waals surface area contributed by atoms with Crippen LogP contribution >= 0.6 is 11.3 Å². The van der Waals surface area contributed by atoms with E-state index >= 15 is 0 Å². The molecule has 18 heavy (non-hydrogen) atoms. The fourth-order valence-corrected chi connectivity index (χ4v) is 3.59. The molecule has 0 amide bonds. The van der Waals surface area contributed by atoms with Gasteiger partial charge in [0.2, 0.25) is 0 Å². The zero-order valence-corrected chi connectivity index (χ0v) is 12.5. The van der Waals surface area contributed by atoms with Crippen LogP contribution in [0.15, 0.2) is 0 Å². The fraction of sp³-hybridized carbons (Fsp3) is 0.769. The lowest BCUT2D eigenvalue weighted by atomic mass is 10.2. The van der Waals surface area contributed by atoms with E-state index in [1.807, 2.05) is 18.4 Å². The van der Waals surface area contributed by atoms with Crippen molar-refractivity contribution in [3.63, 3.8) is 0 Å². The first-order chi connectivity index (χ1) is 8.63. The third kappa shape index (κ3) is 3.02. The topological polar surface area (TPSA) is 37.4 Å². The normalized spacial score (nSPS) is 24.6. The van der Waals surface area contributed by atoms with Crippen LogP contribution < -0.4 is 10.2 Å². The summed E-state index contributed by atoms with van der Waals surface area (Å²) in [4.78, 5) is 8.51. The van der Waals surface area contributed by atoms with E-state index in [2.05, 4.69) is 31.0 Å². The Morgan fingerprint density at radius 3 is 2.61 bits per heavy atom. The summed E-state index contributed by atoms with van der Waals surface area (Å²) in [5, 5.41) is 4.37. The number of rotatable bonds is 4. The van der Waals surface area contributed by atoms with Gasteiger partial charge in [0, 0.05) is 24.5 Å². The van der Waals surface area contributed by atoms with E-state index in [-0.39, 0.29) is 12.2 Å². The van der Waals surface area contributed by atoms with Crippen molar-refractivity contribution in [1.29, 1.82) is 0 Å². The monoisotopic (exact) mass is 269 g/mol. The van der Waals surface area contributed by atoms with Crippen LogP contribution in [-0.2, 0) is 17.7 Å². The van der Waals surface area contributed by atoms with Crippen molar-refractivity contribution in [3.8, 4) is 0 Å². The molecule has 0 bridgehead atoms. The lowest BCUT2D eigenvalue weighted by Gasteiger charge is -2.35.